The van der Waals surface area contributed by atoms with Crippen molar-refractivity contribution in [3.8, 4) is 0 Å². The van der Waals surface area contributed by atoms with Gasteiger partial charge in [0, 0.05) is 5.92 Å². The van der Waals surface area contributed by atoms with E-state index in [0.29, 0.717) is 26.4 Å². The summed E-state index contributed by atoms with van der Waals surface area (Å²) in [5.41, 5.74) is 3.64. The van der Waals surface area contributed by atoms with Crippen molar-refractivity contribution in [2.45, 2.75) is 19.1 Å². The highest BCUT2D eigenvalue weighted by Gasteiger charge is 2.12. The molecule has 128 valence electrons. The van der Waals surface area contributed by atoms with Gasteiger partial charge in [0.1, 0.15) is 0 Å². The summed E-state index contributed by atoms with van der Waals surface area (Å²) in [5, 5.41) is 0. The molecule has 0 heterocycles. The predicted octanol–water partition coefficient (Wildman–Crippen LogP) is 5.20. The van der Waals surface area contributed by atoms with Crippen molar-refractivity contribution < 1.29 is 9.47 Å². The molecule has 0 aliphatic carbocycles. The molecule has 2 nitrogen and oxygen atoms in total. The zero-order chi connectivity index (χ0) is 17.2. The molecular weight excluding hydrogens is 308 g/mol. The molecule has 0 aliphatic heterocycles. The monoisotopic (exact) mass is 332 g/mol. The molecule has 3 aromatic carbocycles. The molecule has 0 spiro atoms. The Morgan fingerprint density at radius 2 is 0.920 bits per heavy atom. The summed E-state index contributed by atoms with van der Waals surface area (Å²) in [7, 11) is 0. The highest BCUT2D eigenvalue weighted by atomic mass is 16.5. The molecule has 0 aliphatic rings. The van der Waals surface area contributed by atoms with Gasteiger partial charge in [0.2, 0.25) is 0 Å². The van der Waals surface area contributed by atoms with E-state index in [4.69, 9.17) is 9.47 Å². The van der Waals surface area contributed by atoms with Crippen LogP contribution in [0.1, 0.15) is 22.6 Å². The third-order valence-corrected chi connectivity index (χ3v) is 4.13. The lowest BCUT2D eigenvalue weighted by Crippen LogP contribution is -2.14. The van der Waals surface area contributed by atoms with Gasteiger partial charge in [0.15, 0.2) is 0 Å². The molecule has 0 aromatic heterocycles. The second kappa shape index (κ2) is 9.77. The van der Waals surface area contributed by atoms with Gasteiger partial charge in [-0.2, -0.15) is 0 Å². The van der Waals surface area contributed by atoms with Gasteiger partial charge < -0.3 is 9.47 Å². The average Bonchev–Trinajstić information content (AvgIpc) is 2.69. The maximum atomic E-state index is 5.96. The Balaban J connectivity index is 1.54. The first-order valence-electron chi connectivity index (χ1n) is 8.70. The van der Waals surface area contributed by atoms with E-state index in [-0.39, 0.29) is 5.92 Å². The maximum Gasteiger partial charge on any atom is 0.0717 e. The summed E-state index contributed by atoms with van der Waals surface area (Å²) in [5.74, 6) is 0.230. The predicted molar refractivity (Wildman–Crippen MR) is 101 cm³/mol. The summed E-state index contributed by atoms with van der Waals surface area (Å²) >= 11 is 0. The smallest absolute Gasteiger partial charge is 0.0717 e. The Hall–Kier alpha value is -2.42. The number of ether oxygens (including phenoxy) is 2. The largest absolute Gasteiger partial charge is 0.376 e. The van der Waals surface area contributed by atoms with Gasteiger partial charge >= 0.3 is 0 Å². The Morgan fingerprint density at radius 3 is 1.36 bits per heavy atom. The van der Waals surface area contributed by atoms with E-state index in [1.807, 2.05) is 42.5 Å². The quantitative estimate of drug-likeness (QED) is 0.536. The van der Waals surface area contributed by atoms with Crippen molar-refractivity contribution in [2.24, 2.45) is 0 Å². The molecule has 0 amide bonds. The first-order chi connectivity index (χ1) is 12.4. The molecule has 3 rings (SSSR count). The summed E-state index contributed by atoms with van der Waals surface area (Å²) in [6, 6.07) is 31.0. The molecule has 2 heteroatoms. The highest BCUT2D eigenvalue weighted by molar-refractivity contribution is 5.20. The van der Waals surface area contributed by atoms with Gasteiger partial charge in [0.25, 0.3) is 0 Å². The van der Waals surface area contributed by atoms with Crippen LogP contribution in [-0.4, -0.2) is 13.2 Å². The molecule has 0 N–H and O–H groups in total. The topological polar surface area (TPSA) is 18.5 Å². The van der Waals surface area contributed by atoms with Gasteiger partial charge in [-0.05, 0) is 16.7 Å². The lowest BCUT2D eigenvalue weighted by atomic mass is 10.0. The number of benzene rings is 3. The van der Waals surface area contributed by atoms with Crippen LogP contribution in [0, 0.1) is 0 Å². The normalized spacial score (nSPS) is 10.9. The Labute approximate surface area is 150 Å². The summed E-state index contributed by atoms with van der Waals surface area (Å²) < 4.78 is 11.9. The number of hydrogen-bond donors (Lipinski definition) is 0. The lowest BCUT2D eigenvalue weighted by Gasteiger charge is -2.18. The molecule has 0 unspecified atom stereocenters. The number of rotatable bonds is 9. The molecule has 0 saturated heterocycles. The molecule has 3 aromatic rings. The van der Waals surface area contributed by atoms with Crippen LogP contribution in [0.5, 0.6) is 0 Å². The van der Waals surface area contributed by atoms with E-state index in [1.165, 1.54) is 16.7 Å². The molecule has 0 radical (unpaired) electrons. The van der Waals surface area contributed by atoms with E-state index in [1.54, 1.807) is 0 Å². The Bertz CT molecular complexity index is 665. The minimum absolute atomic E-state index is 0.230. The summed E-state index contributed by atoms with van der Waals surface area (Å²) in [4.78, 5) is 0. The van der Waals surface area contributed by atoms with Gasteiger partial charge in [-0.1, -0.05) is 91.0 Å². The highest BCUT2D eigenvalue weighted by Crippen LogP contribution is 2.18. The van der Waals surface area contributed by atoms with Gasteiger partial charge in [-0.3, -0.25) is 0 Å². The van der Waals surface area contributed by atoms with E-state index < -0.39 is 0 Å². The van der Waals surface area contributed by atoms with Crippen molar-refractivity contribution in [1.29, 1.82) is 0 Å². The summed E-state index contributed by atoms with van der Waals surface area (Å²) in [6.45, 7) is 2.55. The van der Waals surface area contributed by atoms with Crippen molar-refractivity contribution in [1.82, 2.24) is 0 Å². The van der Waals surface area contributed by atoms with Crippen LogP contribution in [0.4, 0.5) is 0 Å². The van der Waals surface area contributed by atoms with Crippen LogP contribution < -0.4 is 0 Å². The van der Waals surface area contributed by atoms with Crippen LogP contribution in [0.3, 0.4) is 0 Å². The minimum atomic E-state index is 0.230. The fourth-order valence-corrected chi connectivity index (χ4v) is 2.75. The Morgan fingerprint density at radius 1 is 0.520 bits per heavy atom. The fourth-order valence-electron chi connectivity index (χ4n) is 2.75. The van der Waals surface area contributed by atoms with Crippen LogP contribution >= 0.6 is 0 Å². The third-order valence-electron chi connectivity index (χ3n) is 4.13. The lowest BCUT2D eigenvalue weighted by molar-refractivity contribution is 0.0527. The first-order valence-corrected chi connectivity index (χ1v) is 8.70. The van der Waals surface area contributed by atoms with Gasteiger partial charge in [0.05, 0.1) is 26.4 Å². The molecule has 0 bridgehead atoms. The van der Waals surface area contributed by atoms with Crippen molar-refractivity contribution in [2.75, 3.05) is 13.2 Å². The van der Waals surface area contributed by atoms with Crippen molar-refractivity contribution in [3.05, 3.63) is 108 Å². The average molecular weight is 332 g/mol. The summed E-state index contributed by atoms with van der Waals surface area (Å²) in [6.07, 6.45) is 0. The molecule has 25 heavy (non-hydrogen) atoms. The van der Waals surface area contributed by atoms with E-state index in [2.05, 4.69) is 48.5 Å². The van der Waals surface area contributed by atoms with Crippen LogP contribution in [0.15, 0.2) is 91.0 Å². The standard InChI is InChI=1S/C23H24O2/c1-4-10-20(11-5-1)16-24-18-23(22-14-8-3-9-15-22)19-25-17-21-12-6-2-7-13-21/h1-15,23H,16-19H2. The Kier molecular flexibility index (Phi) is 6.80. The zero-order valence-corrected chi connectivity index (χ0v) is 14.4. The molecule has 0 fully saturated rings. The minimum Gasteiger partial charge on any atom is -0.376 e. The maximum absolute atomic E-state index is 5.96. The number of hydrogen-bond acceptors (Lipinski definition) is 2. The first kappa shape index (κ1) is 17.4. The SMILES string of the molecule is c1ccc(COCC(COCc2ccccc2)c2ccccc2)cc1. The van der Waals surface area contributed by atoms with E-state index >= 15 is 0 Å². The van der Waals surface area contributed by atoms with Crippen LogP contribution in [0.2, 0.25) is 0 Å². The van der Waals surface area contributed by atoms with E-state index in [9.17, 15) is 0 Å². The molecular formula is C23H24O2. The van der Waals surface area contributed by atoms with E-state index in [0.717, 1.165) is 0 Å². The molecule has 0 saturated carbocycles. The second-order valence-electron chi connectivity index (χ2n) is 6.11. The zero-order valence-electron chi connectivity index (χ0n) is 14.4. The van der Waals surface area contributed by atoms with Gasteiger partial charge in [-0.15, -0.1) is 0 Å². The second-order valence-corrected chi connectivity index (χ2v) is 6.11. The third kappa shape index (κ3) is 5.86. The fraction of sp³-hybridized carbons (Fsp3) is 0.217. The van der Waals surface area contributed by atoms with Gasteiger partial charge in [-0.25, -0.2) is 0 Å². The van der Waals surface area contributed by atoms with Crippen molar-refractivity contribution >= 4 is 0 Å². The molecule has 0 atom stereocenters. The van der Waals surface area contributed by atoms with Crippen molar-refractivity contribution in [3.63, 3.8) is 0 Å². The van der Waals surface area contributed by atoms with Crippen LogP contribution in [0.25, 0.3) is 0 Å². The van der Waals surface area contributed by atoms with Crippen LogP contribution in [-0.2, 0) is 22.7 Å².